The third-order valence-corrected chi connectivity index (χ3v) is 7.91. The summed E-state index contributed by atoms with van der Waals surface area (Å²) in [5, 5.41) is 0. The number of hydrogen-bond donors (Lipinski definition) is 0. The van der Waals surface area contributed by atoms with Crippen molar-refractivity contribution < 1.29 is 22.7 Å². The van der Waals surface area contributed by atoms with Crippen LogP contribution in [-0.4, -0.2) is 102 Å². The summed E-state index contributed by atoms with van der Waals surface area (Å²) in [7, 11) is -0.308. The predicted octanol–water partition coefficient (Wildman–Crippen LogP) is 0.829. The zero-order valence-electron chi connectivity index (χ0n) is 15.6. The highest BCUT2D eigenvalue weighted by atomic mass is 35.5. The van der Waals surface area contributed by atoms with Crippen LogP contribution in [0.25, 0.3) is 0 Å². The van der Waals surface area contributed by atoms with E-state index in [1.807, 2.05) is 4.90 Å². The molecule has 0 atom stereocenters. The molecule has 1 amide bonds. The van der Waals surface area contributed by atoms with Gasteiger partial charge in [0.25, 0.3) is 10.0 Å². The number of methoxy groups -OCH3 is 2. The van der Waals surface area contributed by atoms with E-state index in [1.54, 1.807) is 25.2 Å². The van der Waals surface area contributed by atoms with Crippen LogP contribution in [0.4, 0.5) is 0 Å². The highest BCUT2D eigenvalue weighted by Gasteiger charge is 2.31. The minimum Gasteiger partial charge on any atom is -0.383 e. The third kappa shape index (κ3) is 6.38. The lowest BCUT2D eigenvalue weighted by molar-refractivity contribution is -0.133. The van der Waals surface area contributed by atoms with E-state index in [4.69, 9.17) is 21.1 Å². The van der Waals surface area contributed by atoms with Gasteiger partial charge in [-0.1, -0.05) is 11.6 Å². The van der Waals surface area contributed by atoms with E-state index < -0.39 is 10.0 Å². The lowest BCUT2D eigenvalue weighted by atomic mass is 10.3. The van der Waals surface area contributed by atoms with Gasteiger partial charge in [-0.15, -0.1) is 11.3 Å². The van der Waals surface area contributed by atoms with Crippen molar-refractivity contribution in [1.82, 2.24) is 14.1 Å². The molecule has 1 fully saturated rings. The summed E-state index contributed by atoms with van der Waals surface area (Å²) >= 11 is 6.89. The molecule has 8 nitrogen and oxygen atoms in total. The predicted molar refractivity (Wildman–Crippen MR) is 105 cm³/mol. The van der Waals surface area contributed by atoms with Gasteiger partial charge in [-0.25, -0.2) is 8.42 Å². The number of amides is 1. The van der Waals surface area contributed by atoms with Crippen LogP contribution < -0.4 is 0 Å². The largest absolute Gasteiger partial charge is 0.383 e. The van der Waals surface area contributed by atoms with Gasteiger partial charge in [-0.3, -0.25) is 9.69 Å². The fraction of sp³-hybridized carbons (Fsp3) is 0.688. The third-order valence-electron chi connectivity index (χ3n) is 4.32. The molecule has 2 rings (SSSR count). The number of rotatable bonds is 10. The van der Waals surface area contributed by atoms with Crippen molar-refractivity contribution in [2.75, 3.05) is 73.2 Å². The molecule has 0 N–H and O–H groups in total. The maximum absolute atomic E-state index is 12.6. The topological polar surface area (TPSA) is 79.4 Å². The van der Waals surface area contributed by atoms with Gasteiger partial charge in [0.2, 0.25) is 5.91 Å². The van der Waals surface area contributed by atoms with Crippen LogP contribution in [-0.2, 0) is 24.3 Å². The first-order valence-electron chi connectivity index (χ1n) is 8.62. The molecule has 0 unspecified atom stereocenters. The van der Waals surface area contributed by atoms with Crippen LogP contribution in [0.1, 0.15) is 0 Å². The lowest BCUT2D eigenvalue weighted by Gasteiger charge is -2.35. The molecule has 0 saturated carbocycles. The minimum atomic E-state index is -3.55. The summed E-state index contributed by atoms with van der Waals surface area (Å²) in [5.74, 6) is -0.0153. The quantitative estimate of drug-likeness (QED) is 0.537. The van der Waals surface area contributed by atoms with Crippen molar-refractivity contribution in [3.8, 4) is 0 Å². The summed E-state index contributed by atoms with van der Waals surface area (Å²) in [6.45, 7) is 3.91. The number of piperazine rings is 1. The molecule has 2 heterocycles. The molecule has 1 saturated heterocycles. The van der Waals surface area contributed by atoms with Gasteiger partial charge >= 0.3 is 0 Å². The Morgan fingerprint density at radius 2 is 1.74 bits per heavy atom. The number of nitrogens with zero attached hydrogens (tertiary/aromatic N) is 3. The Morgan fingerprint density at radius 1 is 1.15 bits per heavy atom. The number of ether oxygens (including phenoxy) is 2. The van der Waals surface area contributed by atoms with E-state index in [1.165, 1.54) is 10.4 Å². The number of thiophene rings is 1. The Balaban J connectivity index is 1.89. The second-order valence-corrected chi connectivity index (χ2v) is 9.99. The van der Waals surface area contributed by atoms with Crippen LogP contribution in [0.3, 0.4) is 0 Å². The van der Waals surface area contributed by atoms with Crippen molar-refractivity contribution in [1.29, 1.82) is 0 Å². The smallest absolute Gasteiger partial charge is 0.252 e. The molecule has 0 spiro atoms. The van der Waals surface area contributed by atoms with Crippen molar-refractivity contribution >= 4 is 38.9 Å². The first-order chi connectivity index (χ1) is 12.9. The van der Waals surface area contributed by atoms with Gasteiger partial charge in [-0.2, -0.15) is 4.31 Å². The first-order valence-corrected chi connectivity index (χ1v) is 11.3. The normalized spacial score (nSPS) is 16.2. The van der Waals surface area contributed by atoms with E-state index in [0.717, 1.165) is 11.3 Å². The van der Waals surface area contributed by atoms with Gasteiger partial charge in [-0.05, 0) is 12.1 Å². The Bertz CT molecular complexity index is 697. The molecule has 0 aliphatic carbocycles. The SMILES string of the molecule is COCCN(CCOC)CC(=O)N1CCN(S(=O)(=O)c2ccc(Cl)s2)CC1. The standard InChI is InChI=1S/C16H26ClN3O5S2/c1-24-11-9-18(10-12-25-2)13-15(21)19-5-7-20(8-6-19)27(22,23)16-4-3-14(17)26-16/h3-4H,5-13H2,1-2H3. The highest BCUT2D eigenvalue weighted by Crippen LogP contribution is 2.28. The second kappa shape index (κ2) is 10.7. The maximum atomic E-state index is 12.6. The Kier molecular flexibility index (Phi) is 8.93. The van der Waals surface area contributed by atoms with E-state index in [2.05, 4.69) is 0 Å². The Morgan fingerprint density at radius 3 is 2.22 bits per heavy atom. The van der Waals surface area contributed by atoms with Crippen LogP contribution in [0.15, 0.2) is 16.3 Å². The molecule has 27 heavy (non-hydrogen) atoms. The molecule has 154 valence electrons. The average molecular weight is 440 g/mol. The Hall–Kier alpha value is -0.750. The molecule has 1 aromatic heterocycles. The van der Waals surface area contributed by atoms with Crippen LogP contribution in [0.5, 0.6) is 0 Å². The number of hydrogen-bond acceptors (Lipinski definition) is 7. The van der Waals surface area contributed by atoms with Gasteiger partial charge in [0.1, 0.15) is 4.21 Å². The molecular weight excluding hydrogens is 414 g/mol. The van der Waals surface area contributed by atoms with Crippen molar-refractivity contribution in [2.45, 2.75) is 4.21 Å². The first kappa shape index (κ1) is 22.5. The molecule has 0 aromatic carbocycles. The summed E-state index contributed by atoms with van der Waals surface area (Å²) in [5.41, 5.74) is 0. The summed E-state index contributed by atoms with van der Waals surface area (Å²) in [6, 6.07) is 3.09. The molecule has 0 bridgehead atoms. The summed E-state index contributed by atoms with van der Waals surface area (Å²) in [4.78, 5) is 16.3. The molecular formula is C16H26ClN3O5S2. The molecule has 11 heteroatoms. The molecule has 0 radical (unpaired) electrons. The van der Waals surface area contributed by atoms with E-state index in [0.29, 0.717) is 43.7 Å². The number of halogens is 1. The van der Waals surface area contributed by atoms with Crippen LogP contribution in [0, 0.1) is 0 Å². The van der Waals surface area contributed by atoms with Crippen LogP contribution in [0.2, 0.25) is 4.34 Å². The van der Waals surface area contributed by atoms with E-state index in [-0.39, 0.29) is 29.8 Å². The lowest BCUT2D eigenvalue weighted by Crippen LogP contribution is -2.52. The second-order valence-electron chi connectivity index (χ2n) is 6.11. The van der Waals surface area contributed by atoms with E-state index >= 15 is 0 Å². The fourth-order valence-electron chi connectivity index (χ4n) is 2.74. The average Bonchev–Trinajstić information content (AvgIpc) is 3.11. The fourth-order valence-corrected chi connectivity index (χ4v) is 5.80. The van der Waals surface area contributed by atoms with E-state index in [9.17, 15) is 13.2 Å². The monoisotopic (exact) mass is 439 g/mol. The molecule has 1 aromatic rings. The zero-order chi connectivity index (χ0) is 19.9. The van der Waals surface area contributed by atoms with Crippen LogP contribution >= 0.6 is 22.9 Å². The van der Waals surface area contributed by atoms with Crippen molar-refractivity contribution in [2.24, 2.45) is 0 Å². The summed E-state index contributed by atoms with van der Waals surface area (Å²) < 4.78 is 37.5. The number of sulfonamides is 1. The van der Waals surface area contributed by atoms with Crippen molar-refractivity contribution in [3.63, 3.8) is 0 Å². The maximum Gasteiger partial charge on any atom is 0.252 e. The van der Waals surface area contributed by atoms with Gasteiger partial charge in [0, 0.05) is 53.5 Å². The van der Waals surface area contributed by atoms with Gasteiger partial charge in [0.05, 0.1) is 24.1 Å². The molecule has 1 aliphatic rings. The molecule has 1 aliphatic heterocycles. The Labute approximate surface area is 169 Å². The minimum absolute atomic E-state index is 0.0153. The highest BCUT2D eigenvalue weighted by molar-refractivity contribution is 7.91. The zero-order valence-corrected chi connectivity index (χ0v) is 18.0. The van der Waals surface area contributed by atoms with Gasteiger partial charge in [0.15, 0.2) is 0 Å². The number of carbonyl (C=O) groups excluding carboxylic acids is 1. The van der Waals surface area contributed by atoms with Crippen molar-refractivity contribution in [3.05, 3.63) is 16.5 Å². The summed E-state index contributed by atoms with van der Waals surface area (Å²) in [6.07, 6.45) is 0. The van der Waals surface area contributed by atoms with Gasteiger partial charge < -0.3 is 14.4 Å². The number of carbonyl (C=O) groups is 1.